The van der Waals surface area contributed by atoms with E-state index >= 15 is 0 Å². The van der Waals surface area contributed by atoms with Crippen molar-refractivity contribution in [2.24, 2.45) is 5.41 Å². The van der Waals surface area contributed by atoms with Crippen LogP contribution in [-0.4, -0.2) is 47.7 Å². The highest BCUT2D eigenvalue weighted by atomic mass is 79.9. The third-order valence-electron chi connectivity index (χ3n) is 3.04. The van der Waals surface area contributed by atoms with E-state index in [1.54, 1.807) is 12.1 Å². The van der Waals surface area contributed by atoms with Crippen LogP contribution in [0.25, 0.3) is 0 Å². The number of aliphatic hydroxyl groups excluding tert-OH is 3. The van der Waals surface area contributed by atoms with Crippen molar-refractivity contribution in [3.05, 3.63) is 33.8 Å². The van der Waals surface area contributed by atoms with Crippen molar-refractivity contribution in [1.82, 2.24) is 0 Å². The number of hydrogen-bond donors (Lipinski definition) is 3. The summed E-state index contributed by atoms with van der Waals surface area (Å²) in [7, 11) is 0. The van der Waals surface area contributed by atoms with Crippen LogP contribution >= 0.6 is 15.9 Å². The Morgan fingerprint density at radius 3 is 1.95 bits per heavy atom. The van der Waals surface area contributed by atoms with Gasteiger partial charge in [0.15, 0.2) is 6.29 Å². The van der Waals surface area contributed by atoms with E-state index in [1.165, 1.54) is 6.07 Å². The van der Waals surface area contributed by atoms with E-state index in [0.717, 1.165) is 0 Å². The minimum absolute atomic E-state index is 0.156. The van der Waals surface area contributed by atoms with Crippen LogP contribution in [0, 0.1) is 5.41 Å². The lowest BCUT2D eigenvalue weighted by atomic mass is 9.88. The molecule has 0 unspecified atom stereocenters. The highest BCUT2D eigenvalue weighted by molar-refractivity contribution is 9.10. The fraction of sp³-hybridized carbons (Fsp3) is 0.429. The Labute approximate surface area is 126 Å². The monoisotopic (exact) mass is 346 g/mol. The number of hydrogen-bond acceptors (Lipinski definition) is 5. The predicted octanol–water partition coefficient (Wildman–Crippen LogP) is 1.43. The number of rotatable bonds is 6. The minimum atomic E-state index is -0.667. The quantitative estimate of drug-likeness (QED) is 0.677. The number of halogens is 1. The first-order valence-electron chi connectivity index (χ1n) is 6.05. The van der Waals surface area contributed by atoms with E-state index < -0.39 is 5.41 Å². The van der Waals surface area contributed by atoms with Gasteiger partial charge in [-0.2, -0.15) is 0 Å². The van der Waals surface area contributed by atoms with Crippen molar-refractivity contribution >= 4 is 28.5 Å². The standard InChI is InChI=1S/C8H5BrO2.C6H14O3/c9-8-2-1-6(4-10)3-7(8)5-11;1-2-6(3-7,4-8)5-9/h1-5H;7-9H,2-5H2,1H3. The third kappa shape index (κ3) is 5.50. The molecule has 6 heteroatoms. The molecule has 5 nitrogen and oxygen atoms in total. The van der Waals surface area contributed by atoms with Gasteiger partial charge in [0.05, 0.1) is 19.8 Å². The molecule has 0 aromatic heterocycles. The molecular weight excluding hydrogens is 328 g/mol. The molecule has 0 fully saturated rings. The summed E-state index contributed by atoms with van der Waals surface area (Å²) in [6.45, 7) is 1.35. The molecular formula is C14H19BrO5. The average Bonchev–Trinajstić information content (AvgIpc) is 2.51. The highest BCUT2D eigenvalue weighted by Crippen LogP contribution is 2.18. The molecule has 0 amide bonds. The van der Waals surface area contributed by atoms with Crippen molar-refractivity contribution in [2.75, 3.05) is 19.8 Å². The number of benzene rings is 1. The topological polar surface area (TPSA) is 94.8 Å². The summed E-state index contributed by atoms with van der Waals surface area (Å²) >= 11 is 3.17. The van der Waals surface area contributed by atoms with E-state index in [4.69, 9.17) is 15.3 Å². The number of aldehydes is 2. The number of aliphatic hydroxyl groups is 3. The SMILES string of the molecule is CCC(CO)(CO)CO.O=Cc1ccc(Br)c(C=O)c1. The summed E-state index contributed by atoms with van der Waals surface area (Å²) in [5.74, 6) is 0. The van der Waals surface area contributed by atoms with Gasteiger partial charge in [-0.25, -0.2) is 0 Å². The molecule has 112 valence electrons. The normalized spacial score (nSPS) is 10.4. The van der Waals surface area contributed by atoms with E-state index in [1.807, 2.05) is 6.92 Å². The molecule has 0 saturated carbocycles. The van der Waals surface area contributed by atoms with Gasteiger partial charge >= 0.3 is 0 Å². The zero-order valence-corrected chi connectivity index (χ0v) is 12.8. The Balaban J connectivity index is 0.000000370. The van der Waals surface area contributed by atoms with Gasteiger partial charge in [-0.3, -0.25) is 9.59 Å². The summed E-state index contributed by atoms with van der Waals surface area (Å²) in [4.78, 5) is 20.6. The maximum absolute atomic E-state index is 10.3. The van der Waals surface area contributed by atoms with Gasteiger partial charge in [0.2, 0.25) is 0 Å². The van der Waals surface area contributed by atoms with Crippen LogP contribution in [0.3, 0.4) is 0 Å². The van der Waals surface area contributed by atoms with Crippen LogP contribution in [0.5, 0.6) is 0 Å². The summed E-state index contributed by atoms with van der Waals surface area (Å²) < 4.78 is 0.707. The first-order valence-corrected chi connectivity index (χ1v) is 6.84. The highest BCUT2D eigenvalue weighted by Gasteiger charge is 2.24. The van der Waals surface area contributed by atoms with Gasteiger partial charge in [0, 0.05) is 21.0 Å². The van der Waals surface area contributed by atoms with Gasteiger partial charge in [0.25, 0.3) is 0 Å². The first-order chi connectivity index (χ1) is 9.52. The molecule has 3 N–H and O–H groups in total. The zero-order chi connectivity index (χ0) is 15.6. The number of carbonyl (C=O) groups is 2. The maximum Gasteiger partial charge on any atom is 0.151 e. The Kier molecular flexibility index (Phi) is 9.24. The summed E-state index contributed by atoms with van der Waals surface area (Å²) in [5, 5.41) is 26.0. The van der Waals surface area contributed by atoms with Crippen LogP contribution in [-0.2, 0) is 0 Å². The predicted molar refractivity (Wildman–Crippen MR) is 78.9 cm³/mol. The van der Waals surface area contributed by atoms with Crippen molar-refractivity contribution < 1.29 is 24.9 Å². The lowest BCUT2D eigenvalue weighted by Gasteiger charge is -2.24. The van der Waals surface area contributed by atoms with E-state index in [0.29, 0.717) is 34.6 Å². The fourth-order valence-electron chi connectivity index (χ4n) is 1.21. The molecule has 0 heterocycles. The van der Waals surface area contributed by atoms with Crippen LogP contribution in [0.4, 0.5) is 0 Å². The Hall–Kier alpha value is -1.08. The molecule has 20 heavy (non-hydrogen) atoms. The average molecular weight is 347 g/mol. The Morgan fingerprint density at radius 2 is 1.65 bits per heavy atom. The molecule has 0 aliphatic carbocycles. The Bertz CT molecular complexity index is 412. The lowest BCUT2D eigenvalue weighted by molar-refractivity contribution is 0.00304. The smallest absolute Gasteiger partial charge is 0.151 e. The number of carbonyl (C=O) groups excluding carboxylic acids is 2. The van der Waals surface area contributed by atoms with E-state index in [2.05, 4.69) is 15.9 Å². The van der Waals surface area contributed by atoms with Gasteiger partial charge in [-0.1, -0.05) is 28.9 Å². The second kappa shape index (κ2) is 9.77. The second-order valence-corrected chi connectivity index (χ2v) is 5.20. The molecule has 0 atom stereocenters. The summed E-state index contributed by atoms with van der Waals surface area (Å²) in [5.41, 5.74) is 0.338. The molecule has 0 aliphatic heterocycles. The molecule has 0 aliphatic rings. The molecule has 1 rings (SSSR count). The van der Waals surface area contributed by atoms with E-state index in [9.17, 15) is 9.59 Å². The van der Waals surface area contributed by atoms with Crippen LogP contribution in [0.15, 0.2) is 22.7 Å². The van der Waals surface area contributed by atoms with E-state index in [-0.39, 0.29) is 19.8 Å². The molecule has 0 saturated heterocycles. The largest absolute Gasteiger partial charge is 0.396 e. The summed E-state index contributed by atoms with van der Waals surface area (Å²) in [6, 6.07) is 4.85. The Morgan fingerprint density at radius 1 is 1.10 bits per heavy atom. The zero-order valence-electron chi connectivity index (χ0n) is 11.3. The van der Waals surface area contributed by atoms with Gasteiger partial charge in [-0.05, 0) is 18.6 Å². The van der Waals surface area contributed by atoms with Crippen molar-refractivity contribution in [2.45, 2.75) is 13.3 Å². The van der Waals surface area contributed by atoms with Crippen LogP contribution in [0.2, 0.25) is 0 Å². The van der Waals surface area contributed by atoms with Crippen molar-refractivity contribution in [1.29, 1.82) is 0 Å². The minimum Gasteiger partial charge on any atom is -0.396 e. The lowest BCUT2D eigenvalue weighted by Crippen LogP contribution is -2.32. The third-order valence-corrected chi connectivity index (χ3v) is 3.76. The fourth-order valence-corrected chi connectivity index (χ4v) is 1.55. The molecule has 0 radical (unpaired) electrons. The first kappa shape index (κ1) is 18.9. The molecule has 0 spiro atoms. The van der Waals surface area contributed by atoms with Crippen molar-refractivity contribution in [3.8, 4) is 0 Å². The van der Waals surface area contributed by atoms with Gasteiger partial charge in [0.1, 0.15) is 6.29 Å². The van der Waals surface area contributed by atoms with Crippen LogP contribution < -0.4 is 0 Å². The summed E-state index contributed by atoms with van der Waals surface area (Å²) in [6.07, 6.45) is 2.01. The van der Waals surface area contributed by atoms with Crippen molar-refractivity contribution in [3.63, 3.8) is 0 Å². The van der Waals surface area contributed by atoms with Gasteiger partial charge in [-0.15, -0.1) is 0 Å². The molecule has 0 bridgehead atoms. The van der Waals surface area contributed by atoms with Crippen LogP contribution in [0.1, 0.15) is 34.1 Å². The molecule has 1 aromatic rings. The molecule has 1 aromatic carbocycles. The maximum atomic E-state index is 10.3. The van der Waals surface area contributed by atoms with Gasteiger partial charge < -0.3 is 15.3 Å². The second-order valence-electron chi connectivity index (χ2n) is 4.34.